The lowest BCUT2D eigenvalue weighted by Crippen LogP contribution is -2.18. The van der Waals surface area contributed by atoms with Crippen molar-refractivity contribution in [3.63, 3.8) is 0 Å². The molecular weight excluding hydrogens is 230 g/mol. The molecule has 5 heteroatoms. The summed E-state index contributed by atoms with van der Waals surface area (Å²) in [5.41, 5.74) is -0.106. The Kier molecular flexibility index (Phi) is 5.34. The monoisotopic (exact) mass is 253 g/mol. The minimum Gasteiger partial charge on any atom is -0.475 e. The zero-order valence-corrected chi connectivity index (χ0v) is 11.9. The molecule has 0 unspecified atom stereocenters. The van der Waals surface area contributed by atoms with Crippen LogP contribution in [0.15, 0.2) is 6.07 Å². The summed E-state index contributed by atoms with van der Waals surface area (Å²) in [5, 5.41) is 3.02. The quantitative estimate of drug-likeness (QED) is 0.788. The third kappa shape index (κ3) is 4.49. The van der Waals surface area contributed by atoms with Crippen LogP contribution < -0.4 is 10.1 Å². The summed E-state index contributed by atoms with van der Waals surface area (Å²) in [6, 6.07) is 1.79. The second kappa shape index (κ2) is 6.54. The van der Waals surface area contributed by atoms with Crippen molar-refractivity contribution in [2.75, 3.05) is 32.2 Å². The van der Waals surface area contributed by atoms with Gasteiger partial charge in [0, 0.05) is 25.1 Å². The minimum absolute atomic E-state index is 0.106. The van der Waals surface area contributed by atoms with E-state index in [1.165, 1.54) is 0 Å². The second-order valence-electron chi connectivity index (χ2n) is 4.96. The van der Waals surface area contributed by atoms with E-state index in [-0.39, 0.29) is 5.41 Å². The van der Waals surface area contributed by atoms with Crippen LogP contribution in [0.1, 0.15) is 33.5 Å². The van der Waals surface area contributed by atoms with E-state index in [4.69, 9.17) is 9.47 Å². The van der Waals surface area contributed by atoms with Crippen molar-refractivity contribution in [3.05, 3.63) is 11.9 Å². The molecule has 0 aromatic carbocycles. The summed E-state index contributed by atoms with van der Waals surface area (Å²) in [6.45, 7) is 9.95. The smallest absolute Gasteiger partial charge is 0.218 e. The Labute approximate surface area is 109 Å². The van der Waals surface area contributed by atoms with Crippen LogP contribution in [0.4, 0.5) is 5.82 Å². The van der Waals surface area contributed by atoms with E-state index >= 15 is 0 Å². The summed E-state index contributed by atoms with van der Waals surface area (Å²) < 4.78 is 10.8. The molecule has 102 valence electrons. The highest BCUT2D eigenvalue weighted by molar-refractivity contribution is 5.38. The van der Waals surface area contributed by atoms with Crippen molar-refractivity contribution >= 4 is 5.82 Å². The van der Waals surface area contributed by atoms with Crippen LogP contribution in [0.3, 0.4) is 0 Å². The first-order valence-corrected chi connectivity index (χ1v) is 6.25. The maximum absolute atomic E-state index is 5.57. The maximum Gasteiger partial charge on any atom is 0.218 e. The zero-order chi connectivity index (χ0) is 13.6. The lowest BCUT2D eigenvalue weighted by Gasteiger charge is -2.18. The predicted molar refractivity (Wildman–Crippen MR) is 72.3 cm³/mol. The maximum atomic E-state index is 5.57. The van der Waals surface area contributed by atoms with Crippen molar-refractivity contribution in [1.82, 2.24) is 9.97 Å². The van der Waals surface area contributed by atoms with Gasteiger partial charge in [0.25, 0.3) is 0 Å². The molecule has 0 fully saturated rings. The standard InChI is InChI=1S/C13H23N3O2/c1-6-17-7-8-18-11-9-10(14-5)15-12(16-11)13(2,3)4/h9H,6-8H2,1-5H3,(H,14,15,16). The van der Waals surface area contributed by atoms with E-state index in [0.717, 1.165) is 11.6 Å². The number of hydrogen-bond acceptors (Lipinski definition) is 5. The molecule has 0 bridgehead atoms. The Bertz CT molecular complexity index is 375. The van der Waals surface area contributed by atoms with E-state index in [1.807, 2.05) is 14.0 Å². The van der Waals surface area contributed by atoms with Gasteiger partial charge in [-0.15, -0.1) is 0 Å². The van der Waals surface area contributed by atoms with Crippen LogP contribution in [0.5, 0.6) is 5.88 Å². The molecule has 0 aliphatic carbocycles. The Morgan fingerprint density at radius 1 is 1.22 bits per heavy atom. The molecule has 0 radical (unpaired) electrons. The molecule has 5 nitrogen and oxygen atoms in total. The first kappa shape index (κ1) is 14.7. The van der Waals surface area contributed by atoms with Crippen LogP contribution in [-0.4, -0.2) is 36.8 Å². The van der Waals surface area contributed by atoms with Gasteiger partial charge in [-0.1, -0.05) is 20.8 Å². The van der Waals surface area contributed by atoms with Gasteiger partial charge in [-0.2, -0.15) is 4.98 Å². The van der Waals surface area contributed by atoms with E-state index in [2.05, 4.69) is 36.1 Å². The summed E-state index contributed by atoms with van der Waals surface area (Å²) in [4.78, 5) is 8.86. The number of hydrogen-bond donors (Lipinski definition) is 1. The molecule has 1 heterocycles. The van der Waals surface area contributed by atoms with Crippen LogP contribution in [-0.2, 0) is 10.2 Å². The van der Waals surface area contributed by atoms with E-state index in [0.29, 0.717) is 25.7 Å². The number of aromatic nitrogens is 2. The average molecular weight is 253 g/mol. The van der Waals surface area contributed by atoms with Gasteiger partial charge in [0.2, 0.25) is 5.88 Å². The molecule has 0 saturated carbocycles. The molecule has 1 rings (SSSR count). The minimum atomic E-state index is -0.106. The fourth-order valence-corrected chi connectivity index (χ4v) is 1.31. The van der Waals surface area contributed by atoms with Gasteiger partial charge < -0.3 is 14.8 Å². The molecule has 0 aliphatic rings. The number of ether oxygens (including phenoxy) is 2. The Balaban J connectivity index is 2.78. The van der Waals surface area contributed by atoms with Crippen molar-refractivity contribution in [2.45, 2.75) is 33.1 Å². The fraction of sp³-hybridized carbons (Fsp3) is 0.692. The van der Waals surface area contributed by atoms with Crippen molar-refractivity contribution in [3.8, 4) is 5.88 Å². The summed E-state index contributed by atoms with van der Waals surface area (Å²) in [7, 11) is 1.83. The van der Waals surface area contributed by atoms with Crippen LogP contribution >= 0.6 is 0 Å². The molecule has 0 spiro atoms. The summed E-state index contributed by atoms with van der Waals surface area (Å²) in [6.07, 6.45) is 0. The van der Waals surface area contributed by atoms with Crippen molar-refractivity contribution in [1.29, 1.82) is 0 Å². The van der Waals surface area contributed by atoms with Gasteiger partial charge in [-0.3, -0.25) is 0 Å². The molecule has 18 heavy (non-hydrogen) atoms. The lowest BCUT2D eigenvalue weighted by atomic mass is 9.96. The largest absolute Gasteiger partial charge is 0.475 e. The van der Waals surface area contributed by atoms with Crippen LogP contribution in [0.25, 0.3) is 0 Å². The van der Waals surface area contributed by atoms with Crippen molar-refractivity contribution in [2.24, 2.45) is 0 Å². The first-order chi connectivity index (χ1) is 8.47. The molecule has 1 aromatic rings. The highest BCUT2D eigenvalue weighted by Crippen LogP contribution is 2.22. The first-order valence-electron chi connectivity index (χ1n) is 6.25. The molecular formula is C13H23N3O2. The second-order valence-corrected chi connectivity index (χ2v) is 4.96. The summed E-state index contributed by atoms with van der Waals surface area (Å²) in [5.74, 6) is 2.11. The highest BCUT2D eigenvalue weighted by atomic mass is 16.5. The highest BCUT2D eigenvalue weighted by Gasteiger charge is 2.19. The van der Waals surface area contributed by atoms with Crippen molar-refractivity contribution < 1.29 is 9.47 Å². The van der Waals surface area contributed by atoms with Gasteiger partial charge in [0.1, 0.15) is 18.2 Å². The Morgan fingerprint density at radius 3 is 2.50 bits per heavy atom. The zero-order valence-electron chi connectivity index (χ0n) is 11.9. The van der Waals surface area contributed by atoms with E-state index in [1.54, 1.807) is 6.07 Å². The SMILES string of the molecule is CCOCCOc1cc(NC)nc(C(C)(C)C)n1. The summed E-state index contributed by atoms with van der Waals surface area (Å²) >= 11 is 0. The number of anilines is 1. The molecule has 0 atom stereocenters. The van der Waals surface area contributed by atoms with Gasteiger partial charge >= 0.3 is 0 Å². The molecule has 0 saturated heterocycles. The van der Waals surface area contributed by atoms with Gasteiger partial charge in [-0.25, -0.2) is 4.98 Å². The predicted octanol–water partition coefficient (Wildman–Crippen LogP) is 2.23. The van der Waals surface area contributed by atoms with Crippen LogP contribution in [0, 0.1) is 0 Å². The topological polar surface area (TPSA) is 56.3 Å². The van der Waals surface area contributed by atoms with Gasteiger partial charge in [0.15, 0.2) is 0 Å². The van der Waals surface area contributed by atoms with Crippen LogP contribution in [0.2, 0.25) is 0 Å². The normalized spacial score (nSPS) is 11.4. The lowest BCUT2D eigenvalue weighted by molar-refractivity contribution is 0.108. The average Bonchev–Trinajstić information content (AvgIpc) is 2.33. The third-order valence-electron chi connectivity index (χ3n) is 2.31. The Hall–Kier alpha value is -1.36. The van der Waals surface area contributed by atoms with E-state index in [9.17, 15) is 0 Å². The fourth-order valence-electron chi connectivity index (χ4n) is 1.31. The van der Waals surface area contributed by atoms with E-state index < -0.39 is 0 Å². The molecule has 1 N–H and O–H groups in total. The molecule has 0 aliphatic heterocycles. The molecule has 1 aromatic heterocycles. The van der Waals surface area contributed by atoms with Gasteiger partial charge in [0.05, 0.1) is 6.61 Å². The number of rotatable bonds is 6. The number of nitrogens with zero attached hydrogens (tertiary/aromatic N) is 2. The number of nitrogens with one attached hydrogen (secondary N) is 1. The molecule has 0 amide bonds. The third-order valence-corrected chi connectivity index (χ3v) is 2.31. The van der Waals surface area contributed by atoms with Gasteiger partial charge in [-0.05, 0) is 6.92 Å². The Morgan fingerprint density at radius 2 is 1.94 bits per heavy atom.